The Morgan fingerprint density at radius 2 is 1.59 bits per heavy atom. The van der Waals surface area contributed by atoms with Crippen LogP contribution in [0.4, 0.5) is 0 Å². The quantitative estimate of drug-likeness (QED) is 0.909. The van der Waals surface area contributed by atoms with Gasteiger partial charge in [0.05, 0.1) is 0 Å². The maximum Gasteiger partial charge on any atom is 0.243 e. The number of hydrogen-bond donors (Lipinski definition) is 1. The second kappa shape index (κ2) is 7.43. The van der Waals surface area contributed by atoms with Gasteiger partial charge in [-0.2, -0.15) is 0 Å². The van der Waals surface area contributed by atoms with E-state index in [0.717, 1.165) is 11.1 Å². The fourth-order valence-corrected chi connectivity index (χ4v) is 2.44. The van der Waals surface area contributed by atoms with Gasteiger partial charge < -0.3 is 4.90 Å². The van der Waals surface area contributed by atoms with Crippen LogP contribution in [0.25, 0.3) is 0 Å². The molecule has 22 heavy (non-hydrogen) atoms. The SMILES string of the molecule is CC(NC(C(=O)N(C)C)c1ccccc1)c1ccc(Cl)cc1. The van der Waals surface area contributed by atoms with Crippen molar-refractivity contribution in [3.05, 3.63) is 70.7 Å². The van der Waals surface area contributed by atoms with Crippen molar-refractivity contribution < 1.29 is 4.79 Å². The molecule has 0 saturated carbocycles. The number of nitrogens with one attached hydrogen (secondary N) is 1. The molecule has 3 nitrogen and oxygen atoms in total. The summed E-state index contributed by atoms with van der Waals surface area (Å²) in [5.74, 6) is 0.0343. The minimum absolute atomic E-state index is 0.0337. The van der Waals surface area contributed by atoms with Crippen LogP contribution in [0.2, 0.25) is 5.02 Å². The van der Waals surface area contributed by atoms with Gasteiger partial charge in [-0.25, -0.2) is 0 Å². The lowest BCUT2D eigenvalue weighted by Crippen LogP contribution is -2.38. The molecule has 0 saturated heterocycles. The van der Waals surface area contributed by atoms with E-state index in [1.54, 1.807) is 19.0 Å². The van der Waals surface area contributed by atoms with Crippen molar-refractivity contribution >= 4 is 17.5 Å². The average Bonchev–Trinajstić information content (AvgIpc) is 2.53. The predicted molar refractivity (Wildman–Crippen MR) is 90.9 cm³/mol. The summed E-state index contributed by atoms with van der Waals surface area (Å²) < 4.78 is 0. The number of hydrogen-bond acceptors (Lipinski definition) is 2. The molecule has 1 N–H and O–H groups in total. The number of nitrogens with zero attached hydrogens (tertiary/aromatic N) is 1. The van der Waals surface area contributed by atoms with Crippen LogP contribution in [0, 0.1) is 0 Å². The number of carbonyl (C=O) groups excluding carboxylic acids is 1. The maximum absolute atomic E-state index is 12.5. The third-order valence-corrected chi connectivity index (χ3v) is 3.86. The van der Waals surface area contributed by atoms with Gasteiger partial charge in [0, 0.05) is 25.2 Å². The molecule has 2 rings (SSSR count). The molecule has 2 aromatic rings. The lowest BCUT2D eigenvalue weighted by Gasteiger charge is -2.26. The van der Waals surface area contributed by atoms with E-state index in [0.29, 0.717) is 5.02 Å². The topological polar surface area (TPSA) is 32.3 Å². The van der Waals surface area contributed by atoms with Gasteiger partial charge in [-0.3, -0.25) is 10.1 Å². The molecule has 1 amide bonds. The molecule has 0 radical (unpaired) electrons. The Morgan fingerprint density at radius 1 is 1.00 bits per heavy atom. The Labute approximate surface area is 136 Å². The molecule has 0 aliphatic rings. The molecule has 0 heterocycles. The van der Waals surface area contributed by atoms with Gasteiger partial charge in [-0.05, 0) is 30.2 Å². The van der Waals surface area contributed by atoms with Gasteiger partial charge in [0.1, 0.15) is 6.04 Å². The molecule has 0 aromatic heterocycles. The van der Waals surface area contributed by atoms with Crippen LogP contribution in [0.15, 0.2) is 54.6 Å². The van der Waals surface area contributed by atoms with E-state index >= 15 is 0 Å². The van der Waals surface area contributed by atoms with E-state index in [4.69, 9.17) is 11.6 Å². The van der Waals surface area contributed by atoms with Crippen molar-refractivity contribution in [2.75, 3.05) is 14.1 Å². The first-order chi connectivity index (χ1) is 10.5. The summed E-state index contributed by atoms with van der Waals surface area (Å²) in [5.41, 5.74) is 2.05. The zero-order valence-electron chi connectivity index (χ0n) is 13.1. The molecule has 116 valence electrons. The molecule has 2 atom stereocenters. The molecule has 0 spiro atoms. The second-order valence-corrected chi connectivity index (χ2v) is 5.95. The van der Waals surface area contributed by atoms with E-state index in [1.807, 2.05) is 61.5 Å². The van der Waals surface area contributed by atoms with E-state index in [-0.39, 0.29) is 18.0 Å². The van der Waals surface area contributed by atoms with Crippen molar-refractivity contribution in [2.24, 2.45) is 0 Å². The normalized spacial score (nSPS) is 13.5. The number of rotatable bonds is 5. The Hall–Kier alpha value is -1.84. The first-order valence-electron chi connectivity index (χ1n) is 7.26. The Morgan fingerprint density at radius 3 is 2.14 bits per heavy atom. The Kier molecular flexibility index (Phi) is 5.58. The van der Waals surface area contributed by atoms with Gasteiger partial charge in [-0.15, -0.1) is 0 Å². The zero-order chi connectivity index (χ0) is 16.1. The lowest BCUT2D eigenvalue weighted by atomic mass is 10.0. The maximum atomic E-state index is 12.5. The van der Waals surface area contributed by atoms with E-state index in [1.165, 1.54) is 0 Å². The third kappa shape index (κ3) is 4.09. The monoisotopic (exact) mass is 316 g/mol. The van der Waals surface area contributed by atoms with Crippen LogP contribution in [0.5, 0.6) is 0 Å². The molecule has 0 aliphatic carbocycles. The third-order valence-electron chi connectivity index (χ3n) is 3.61. The van der Waals surface area contributed by atoms with Crippen LogP contribution in [0.1, 0.15) is 30.1 Å². The fraction of sp³-hybridized carbons (Fsp3) is 0.278. The first kappa shape index (κ1) is 16.5. The zero-order valence-corrected chi connectivity index (χ0v) is 13.8. The van der Waals surface area contributed by atoms with Crippen molar-refractivity contribution in [1.82, 2.24) is 10.2 Å². The van der Waals surface area contributed by atoms with Gasteiger partial charge in [0.25, 0.3) is 0 Å². The highest BCUT2D eigenvalue weighted by Crippen LogP contribution is 2.22. The summed E-state index contributed by atoms with van der Waals surface area (Å²) >= 11 is 5.93. The van der Waals surface area contributed by atoms with Crippen molar-refractivity contribution in [3.8, 4) is 0 Å². The number of benzene rings is 2. The Bertz CT molecular complexity index is 611. The molecule has 4 heteroatoms. The number of halogens is 1. The molecular weight excluding hydrogens is 296 g/mol. The summed E-state index contributed by atoms with van der Waals surface area (Å²) in [4.78, 5) is 14.1. The van der Waals surface area contributed by atoms with Crippen LogP contribution in [0.3, 0.4) is 0 Å². The van der Waals surface area contributed by atoms with Gasteiger partial charge in [0.2, 0.25) is 5.91 Å². The van der Waals surface area contributed by atoms with Crippen LogP contribution in [-0.2, 0) is 4.79 Å². The standard InChI is InChI=1S/C18H21ClN2O/c1-13(14-9-11-16(19)12-10-14)20-17(18(22)21(2)3)15-7-5-4-6-8-15/h4-13,17,20H,1-3H3. The molecule has 0 bridgehead atoms. The molecule has 2 aromatic carbocycles. The van der Waals surface area contributed by atoms with E-state index in [9.17, 15) is 4.79 Å². The van der Waals surface area contributed by atoms with Crippen LogP contribution < -0.4 is 5.32 Å². The van der Waals surface area contributed by atoms with Crippen molar-refractivity contribution in [2.45, 2.75) is 19.0 Å². The first-order valence-corrected chi connectivity index (χ1v) is 7.64. The summed E-state index contributed by atoms with van der Waals surface area (Å²) in [6.07, 6.45) is 0. The summed E-state index contributed by atoms with van der Waals surface area (Å²) in [6, 6.07) is 17.1. The molecule has 0 aliphatic heterocycles. The highest BCUT2D eigenvalue weighted by atomic mass is 35.5. The molecule has 2 unspecified atom stereocenters. The average molecular weight is 317 g/mol. The van der Waals surface area contributed by atoms with Crippen molar-refractivity contribution in [3.63, 3.8) is 0 Å². The van der Waals surface area contributed by atoms with Gasteiger partial charge >= 0.3 is 0 Å². The van der Waals surface area contributed by atoms with E-state index in [2.05, 4.69) is 5.32 Å². The van der Waals surface area contributed by atoms with Crippen LogP contribution in [-0.4, -0.2) is 24.9 Å². The fourth-order valence-electron chi connectivity index (χ4n) is 2.31. The minimum atomic E-state index is -0.373. The second-order valence-electron chi connectivity index (χ2n) is 5.52. The molecular formula is C18H21ClN2O. The number of likely N-dealkylation sites (N-methyl/N-ethyl adjacent to an activating group) is 1. The summed E-state index contributed by atoms with van der Waals surface area (Å²) in [6.45, 7) is 2.04. The predicted octanol–water partition coefficient (Wildman–Crippen LogP) is 3.82. The highest BCUT2D eigenvalue weighted by molar-refractivity contribution is 6.30. The summed E-state index contributed by atoms with van der Waals surface area (Å²) in [7, 11) is 3.54. The highest BCUT2D eigenvalue weighted by Gasteiger charge is 2.24. The van der Waals surface area contributed by atoms with Crippen LogP contribution >= 0.6 is 11.6 Å². The number of amides is 1. The smallest absolute Gasteiger partial charge is 0.243 e. The summed E-state index contributed by atoms with van der Waals surface area (Å²) in [5, 5.41) is 4.12. The van der Waals surface area contributed by atoms with Gasteiger partial charge in [-0.1, -0.05) is 54.1 Å². The van der Waals surface area contributed by atoms with Crippen molar-refractivity contribution in [1.29, 1.82) is 0 Å². The molecule has 0 fully saturated rings. The lowest BCUT2D eigenvalue weighted by molar-refractivity contribution is -0.131. The Balaban J connectivity index is 2.23. The van der Waals surface area contributed by atoms with E-state index < -0.39 is 0 Å². The minimum Gasteiger partial charge on any atom is -0.347 e. The largest absolute Gasteiger partial charge is 0.347 e. The number of carbonyl (C=O) groups is 1. The van der Waals surface area contributed by atoms with Gasteiger partial charge in [0.15, 0.2) is 0 Å².